The summed E-state index contributed by atoms with van der Waals surface area (Å²) in [5, 5.41) is 0.811. The van der Waals surface area contributed by atoms with E-state index in [2.05, 4.69) is 0 Å². The van der Waals surface area contributed by atoms with Crippen molar-refractivity contribution in [3.8, 4) is 5.75 Å². The Labute approximate surface area is 103 Å². The van der Waals surface area contributed by atoms with E-state index in [9.17, 15) is 9.19 Å². The molecule has 0 aromatic heterocycles. The molecule has 1 fully saturated rings. The van der Waals surface area contributed by atoms with Crippen LogP contribution in [-0.4, -0.2) is 20.9 Å². The molecule has 1 N–H and O–H groups in total. The van der Waals surface area contributed by atoms with E-state index < -0.39 is 9.04 Å². The van der Waals surface area contributed by atoms with Crippen molar-refractivity contribution in [3.63, 3.8) is 0 Å². The molecule has 0 atom stereocenters. The van der Waals surface area contributed by atoms with Gasteiger partial charge in [0.1, 0.15) is 11.6 Å². The van der Waals surface area contributed by atoms with E-state index in [4.69, 9.17) is 4.74 Å². The van der Waals surface area contributed by atoms with Crippen LogP contribution in [0.4, 0.5) is 4.39 Å². The maximum atomic E-state index is 13.1. The fourth-order valence-electron chi connectivity index (χ4n) is 2.47. The molecule has 1 aliphatic rings. The zero-order valence-corrected chi connectivity index (χ0v) is 11.1. The molecule has 0 unspecified atom stereocenters. The van der Waals surface area contributed by atoms with E-state index in [0.717, 1.165) is 18.0 Å². The van der Waals surface area contributed by atoms with Crippen molar-refractivity contribution in [1.82, 2.24) is 0 Å². The fraction of sp³-hybridized carbons (Fsp3) is 0.538. The maximum absolute atomic E-state index is 13.1. The summed E-state index contributed by atoms with van der Waals surface area (Å²) in [6, 6.07) is 4.44. The Morgan fingerprint density at radius 3 is 2.65 bits per heavy atom. The first-order valence-corrected chi connectivity index (χ1v) is 7.64. The molecule has 4 heteroatoms. The summed E-state index contributed by atoms with van der Waals surface area (Å²) in [4.78, 5) is 10.4. The van der Waals surface area contributed by atoms with Crippen LogP contribution in [0.2, 0.25) is 5.54 Å². The van der Waals surface area contributed by atoms with E-state index in [0.29, 0.717) is 11.3 Å². The molecule has 0 spiro atoms. The first-order chi connectivity index (χ1) is 8.22. The van der Waals surface area contributed by atoms with Gasteiger partial charge in [0, 0.05) is 11.3 Å². The van der Waals surface area contributed by atoms with Crippen LogP contribution in [0, 0.1) is 5.82 Å². The Balaban J connectivity index is 2.19. The van der Waals surface area contributed by atoms with Crippen LogP contribution in [0.1, 0.15) is 32.1 Å². The quantitative estimate of drug-likeness (QED) is 0.838. The molecule has 0 saturated heterocycles. The molecular weight excluding hydrogens is 235 g/mol. The van der Waals surface area contributed by atoms with E-state index in [1.807, 2.05) is 0 Å². The predicted octanol–water partition coefficient (Wildman–Crippen LogP) is 2.36. The SMILES string of the molecule is COc1cc(F)ccc1[Si](O)C1CCCCC1. The van der Waals surface area contributed by atoms with Crippen molar-refractivity contribution in [2.75, 3.05) is 7.11 Å². The van der Waals surface area contributed by atoms with Gasteiger partial charge in [-0.3, -0.25) is 0 Å². The Bertz CT molecular complexity index is 378. The van der Waals surface area contributed by atoms with Crippen molar-refractivity contribution in [1.29, 1.82) is 0 Å². The van der Waals surface area contributed by atoms with Gasteiger partial charge in [0.15, 0.2) is 0 Å². The number of rotatable bonds is 3. The van der Waals surface area contributed by atoms with Gasteiger partial charge in [0.05, 0.1) is 7.11 Å². The average Bonchev–Trinajstić information content (AvgIpc) is 2.39. The molecule has 1 aromatic rings. The lowest BCUT2D eigenvalue weighted by atomic mass is 10.0. The lowest BCUT2D eigenvalue weighted by molar-refractivity contribution is 0.411. The second-order valence-electron chi connectivity index (χ2n) is 4.56. The van der Waals surface area contributed by atoms with Gasteiger partial charge in [0.2, 0.25) is 9.04 Å². The summed E-state index contributed by atoms with van der Waals surface area (Å²) in [5.41, 5.74) is 0.383. The minimum Gasteiger partial charge on any atom is -0.497 e. The highest BCUT2D eigenvalue weighted by atomic mass is 28.3. The highest BCUT2D eigenvalue weighted by Crippen LogP contribution is 2.31. The van der Waals surface area contributed by atoms with Gasteiger partial charge in [0.25, 0.3) is 0 Å². The van der Waals surface area contributed by atoms with E-state index >= 15 is 0 Å². The van der Waals surface area contributed by atoms with Gasteiger partial charge in [-0.05, 0) is 11.6 Å². The molecule has 17 heavy (non-hydrogen) atoms. The zero-order chi connectivity index (χ0) is 12.3. The van der Waals surface area contributed by atoms with Crippen molar-refractivity contribution in [2.24, 2.45) is 0 Å². The standard InChI is InChI=1S/C13H18FO2Si/c1-16-12-9-10(14)7-8-13(12)17(15)11-5-3-2-4-6-11/h7-9,11,15H,2-6H2,1H3. The molecular formula is C13H18FO2Si. The highest BCUT2D eigenvalue weighted by molar-refractivity contribution is 6.68. The van der Waals surface area contributed by atoms with Gasteiger partial charge in [-0.2, -0.15) is 0 Å². The summed E-state index contributed by atoms with van der Waals surface area (Å²) in [6.07, 6.45) is 5.84. The minimum absolute atomic E-state index is 0.316. The second kappa shape index (κ2) is 5.64. The predicted molar refractivity (Wildman–Crippen MR) is 67.4 cm³/mol. The number of hydrogen-bond donors (Lipinski definition) is 1. The van der Waals surface area contributed by atoms with E-state index in [1.165, 1.54) is 38.5 Å². The molecule has 0 aliphatic heterocycles. The topological polar surface area (TPSA) is 29.5 Å². The van der Waals surface area contributed by atoms with Gasteiger partial charge >= 0.3 is 0 Å². The van der Waals surface area contributed by atoms with Crippen molar-refractivity contribution < 1.29 is 13.9 Å². The van der Waals surface area contributed by atoms with Crippen LogP contribution >= 0.6 is 0 Å². The Kier molecular flexibility index (Phi) is 4.18. The number of methoxy groups -OCH3 is 1. The first kappa shape index (κ1) is 12.6. The van der Waals surface area contributed by atoms with Crippen LogP contribution in [-0.2, 0) is 0 Å². The molecule has 0 bridgehead atoms. The number of hydrogen-bond acceptors (Lipinski definition) is 2. The molecule has 2 nitrogen and oxygen atoms in total. The highest BCUT2D eigenvalue weighted by Gasteiger charge is 2.28. The van der Waals surface area contributed by atoms with Gasteiger partial charge in [-0.15, -0.1) is 0 Å². The molecule has 1 radical (unpaired) electrons. The average molecular weight is 253 g/mol. The van der Waals surface area contributed by atoms with Gasteiger partial charge in [-0.1, -0.05) is 38.2 Å². The second-order valence-corrected chi connectivity index (χ2v) is 6.69. The molecule has 0 amide bonds. The summed E-state index contributed by atoms with van der Waals surface area (Å²) in [6.45, 7) is 0. The normalized spacial score (nSPS) is 17.4. The third-order valence-corrected chi connectivity index (χ3v) is 5.75. The third-order valence-electron chi connectivity index (χ3n) is 3.43. The van der Waals surface area contributed by atoms with Crippen molar-refractivity contribution in [2.45, 2.75) is 37.6 Å². The molecule has 0 heterocycles. The molecule has 93 valence electrons. The number of halogens is 1. The summed E-state index contributed by atoms with van der Waals surface area (Å²) < 4.78 is 18.3. The number of benzene rings is 1. The minimum atomic E-state index is -1.62. The van der Waals surface area contributed by atoms with Crippen LogP contribution in [0.3, 0.4) is 0 Å². The van der Waals surface area contributed by atoms with Crippen LogP contribution in [0.15, 0.2) is 18.2 Å². The Morgan fingerprint density at radius 2 is 2.00 bits per heavy atom. The Hall–Kier alpha value is -0.873. The lowest BCUT2D eigenvalue weighted by Crippen LogP contribution is -2.37. The molecule has 1 saturated carbocycles. The largest absolute Gasteiger partial charge is 0.497 e. The maximum Gasteiger partial charge on any atom is 0.250 e. The smallest absolute Gasteiger partial charge is 0.250 e. The summed E-state index contributed by atoms with van der Waals surface area (Å²) in [7, 11) is -0.0957. The zero-order valence-electron chi connectivity index (χ0n) is 10.1. The molecule has 1 aromatic carbocycles. The monoisotopic (exact) mass is 253 g/mol. The summed E-state index contributed by atoms with van der Waals surface area (Å²) >= 11 is 0. The third kappa shape index (κ3) is 2.87. The fourth-order valence-corrected chi connectivity index (χ4v) is 4.55. The number of ether oxygens (including phenoxy) is 1. The van der Waals surface area contributed by atoms with E-state index in [-0.39, 0.29) is 5.82 Å². The van der Waals surface area contributed by atoms with Crippen LogP contribution < -0.4 is 9.92 Å². The van der Waals surface area contributed by atoms with Crippen molar-refractivity contribution >= 4 is 14.2 Å². The van der Waals surface area contributed by atoms with Gasteiger partial charge < -0.3 is 9.53 Å². The Morgan fingerprint density at radius 1 is 1.29 bits per heavy atom. The van der Waals surface area contributed by atoms with Gasteiger partial charge in [-0.25, -0.2) is 4.39 Å². The molecule has 2 rings (SSSR count). The van der Waals surface area contributed by atoms with Crippen LogP contribution in [0.25, 0.3) is 0 Å². The van der Waals surface area contributed by atoms with E-state index in [1.54, 1.807) is 6.07 Å². The molecule has 1 aliphatic carbocycles. The van der Waals surface area contributed by atoms with Crippen LogP contribution in [0.5, 0.6) is 5.75 Å². The lowest BCUT2D eigenvalue weighted by Gasteiger charge is -2.25. The summed E-state index contributed by atoms with van der Waals surface area (Å²) in [5.74, 6) is 0.177. The first-order valence-electron chi connectivity index (χ1n) is 6.12. The van der Waals surface area contributed by atoms with Crippen molar-refractivity contribution in [3.05, 3.63) is 24.0 Å².